The molecule has 3 aromatic rings. The van der Waals surface area contributed by atoms with E-state index in [1.807, 2.05) is 48.0 Å². The van der Waals surface area contributed by atoms with Gasteiger partial charge in [-0.15, -0.1) is 0 Å². The minimum atomic E-state index is 0.495. The van der Waals surface area contributed by atoms with Crippen molar-refractivity contribution in [1.82, 2.24) is 9.55 Å². The largest absolute Gasteiger partial charge is 0.327 e. The first-order chi connectivity index (χ1) is 9.61. The lowest BCUT2D eigenvalue weighted by Gasteiger charge is -2.06. The molecule has 0 saturated heterocycles. The van der Waals surface area contributed by atoms with E-state index in [1.165, 1.54) is 0 Å². The number of rotatable bonds is 2. The Morgan fingerprint density at radius 2 is 1.85 bits per heavy atom. The average Bonchev–Trinajstić information content (AvgIpc) is 2.75. The van der Waals surface area contributed by atoms with E-state index in [2.05, 4.69) is 4.98 Å². The lowest BCUT2D eigenvalue weighted by Crippen LogP contribution is -1.96. The molecule has 3 rings (SSSR count). The van der Waals surface area contributed by atoms with E-state index in [0.717, 1.165) is 28.0 Å². The molecule has 20 heavy (non-hydrogen) atoms. The van der Waals surface area contributed by atoms with Crippen molar-refractivity contribution >= 4 is 34.2 Å². The molecule has 0 aliphatic carbocycles. The van der Waals surface area contributed by atoms with Crippen molar-refractivity contribution in [1.29, 1.82) is 0 Å². The molecule has 0 atom stereocenters. The molecule has 0 radical (unpaired) electrons. The van der Waals surface area contributed by atoms with Crippen LogP contribution in [0.2, 0.25) is 10.0 Å². The zero-order valence-corrected chi connectivity index (χ0v) is 12.4. The first kappa shape index (κ1) is 13.4. The predicted octanol–water partition coefficient (Wildman–Crippen LogP) is 4.01. The first-order valence-electron chi connectivity index (χ1n) is 6.21. The number of halogens is 2. The Bertz CT molecular complexity index is 773. The SMILES string of the molecule is Cn1c(-c2c(Cl)cccc2Cl)nc2cc(CN)ccc21. The second-order valence-electron chi connectivity index (χ2n) is 4.62. The topological polar surface area (TPSA) is 43.8 Å². The number of imidazole rings is 1. The van der Waals surface area contributed by atoms with Gasteiger partial charge in [0.15, 0.2) is 0 Å². The minimum Gasteiger partial charge on any atom is -0.327 e. The highest BCUT2D eigenvalue weighted by molar-refractivity contribution is 6.39. The summed E-state index contributed by atoms with van der Waals surface area (Å²) < 4.78 is 1.99. The predicted molar refractivity (Wildman–Crippen MR) is 84.1 cm³/mol. The number of hydrogen-bond acceptors (Lipinski definition) is 2. The van der Waals surface area contributed by atoms with Crippen molar-refractivity contribution in [3.63, 3.8) is 0 Å². The third-order valence-corrected chi connectivity index (χ3v) is 4.00. The van der Waals surface area contributed by atoms with E-state index in [9.17, 15) is 0 Å². The van der Waals surface area contributed by atoms with Crippen LogP contribution < -0.4 is 5.73 Å². The first-order valence-corrected chi connectivity index (χ1v) is 6.97. The number of nitrogens with zero attached hydrogens (tertiary/aromatic N) is 2. The van der Waals surface area contributed by atoms with Gasteiger partial charge in [0.05, 0.1) is 26.6 Å². The molecule has 0 aliphatic heterocycles. The highest BCUT2D eigenvalue weighted by Gasteiger charge is 2.15. The summed E-state index contributed by atoms with van der Waals surface area (Å²) in [4.78, 5) is 4.65. The van der Waals surface area contributed by atoms with Crippen LogP contribution in [0, 0.1) is 0 Å². The summed E-state index contributed by atoms with van der Waals surface area (Å²) in [5.74, 6) is 0.754. The normalized spacial score (nSPS) is 11.2. The molecule has 0 fully saturated rings. The Hall–Kier alpha value is -1.55. The van der Waals surface area contributed by atoms with E-state index in [0.29, 0.717) is 16.6 Å². The molecule has 0 bridgehead atoms. The second kappa shape index (κ2) is 5.09. The molecule has 0 amide bonds. The maximum atomic E-state index is 6.26. The third kappa shape index (κ3) is 2.08. The van der Waals surface area contributed by atoms with Gasteiger partial charge in [-0.3, -0.25) is 0 Å². The molecular weight excluding hydrogens is 293 g/mol. The smallest absolute Gasteiger partial charge is 0.143 e. The Morgan fingerprint density at radius 3 is 2.50 bits per heavy atom. The zero-order chi connectivity index (χ0) is 14.3. The van der Waals surface area contributed by atoms with Crippen LogP contribution in [-0.4, -0.2) is 9.55 Å². The van der Waals surface area contributed by atoms with Gasteiger partial charge in [-0.2, -0.15) is 0 Å². The Kier molecular flexibility index (Phi) is 3.42. The monoisotopic (exact) mass is 305 g/mol. The Morgan fingerprint density at radius 1 is 1.15 bits per heavy atom. The summed E-state index contributed by atoms with van der Waals surface area (Å²) in [6.45, 7) is 0.495. The van der Waals surface area contributed by atoms with E-state index >= 15 is 0 Å². The van der Waals surface area contributed by atoms with Crippen LogP contribution in [0.4, 0.5) is 0 Å². The van der Waals surface area contributed by atoms with E-state index in [4.69, 9.17) is 28.9 Å². The summed E-state index contributed by atoms with van der Waals surface area (Å²) in [6.07, 6.45) is 0. The Balaban J connectivity index is 2.29. The Labute approximate surface area is 126 Å². The summed E-state index contributed by atoms with van der Waals surface area (Å²) in [5, 5.41) is 1.19. The van der Waals surface area contributed by atoms with Crippen molar-refractivity contribution in [3.8, 4) is 11.4 Å². The van der Waals surface area contributed by atoms with Crippen LogP contribution in [0.1, 0.15) is 5.56 Å². The van der Waals surface area contributed by atoms with Crippen LogP contribution in [-0.2, 0) is 13.6 Å². The fourth-order valence-electron chi connectivity index (χ4n) is 2.31. The number of aromatic nitrogens is 2. The lowest BCUT2D eigenvalue weighted by atomic mass is 10.2. The van der Waals surface area contributed by atoms with Gasteiger partial charge in [-0.25, -0.2) is 4.98 Å². The number of hydrogen-bond donors (Lipinski definition) is 1. The van der Waals surface area contributed by atoms with Gasteiger partial charge in [0.25, 0.3) is 0 Å². The van der Waals surface area contributed by atoms with Crippen LogP contribution in [0.15, 0.2) is 36.4 Å². The van der Waals surface area contributed by atoms with Gasteiger partial charge in [0, 0.05) is 13.6 Å². The van der Waals surface area contributed by atoms with E-state index < -0.39 is 0 Å². The molecule has 2 N–H and O–H groups in total. The molecule has 0 unspecified atom stereocenters. The lowest BCUT2D eigenvalue weighted by molar-refractivity contribution is 0.959. The molecule has 2 aromatic carbocycles. The van der Waals surface area contributed by atoms with Gasteiger partial charge in [-0.1, -0.05) is 35.3 Å². The second-order valence-corrected chi connectivity index (χ2v) is 5.43. The molecule has 0 aliphatic rings. The molecule has 102 valence electrons. The van der Waals surface area contributed by atoms with Crippen LogP contribution in [0.5, 0.6) is 0 Å². The molecule has 1 aromatic heterocycles. The summed E-state index contributed by atoms with van der Waals surface area (Å²) in [5.41, 5.74) is 9.38. The van der Waals surface area contributed by atoms with Crippen molar-refractivity contribution in [3.05, 3.63) is 52.0 Å². The van der Waals surface area contributed by atoms with Crippen molar-refractivity contribution in [2.45, 2.75) is 6.54 Å². The van der Waals surface area contributed by atoms with Gasteiger partial charge in [0.2, 0.25) is 0 Å². The molecule has 0 saturated carbocycles. The quantitative estimate of drug-likeness (QED) is 0.777. The van der Waals surface area contributed by atoms with Crippen molar-refractivity contribution in [2.75, 3.05) is 0 Å². The minimum absolute atomic E-state index is 0.495. The van der Waals surface area contributed by atoms with Crippen LogP contribution in [0.25, 0.3) is 22.4 Å². The zero-order valence-electron chi connectivity index (χ0n) is 10.9. The molecule has 0 spiro atoms. The van der Waals surface area contributed by atoms with Gasteiger partial charge < -0.3 is 10.3 Å². The van der Waals surface area contributed by atoms with Gasteiger partial charge in [-0.05, 0) is 29.8 Å². The maximum Gasteiger partial charge on any atom is 0.143 e. The van der Waals surface area contributed by atoms with E-state index in [-0.39, 0.29) is 0 Å². The van der Waals surface area contributed by atoms with Crippen molar-refractivity contribution < 1.29 is 0 Å². The standard InChI is InChI=1S/C15H13Cl2N3/c1-20-13-6-5-9(8-18)7-12(13)19-15(20)14-10(16)3-2-4-11(14)17/h2-7H,8,18H2,1H3. The summed E-state index contributed by atoms with van der Waals surface area (Å²) in [7, 11) is 1.95. The number of fused-ring (bicyclic) bond motifs is 1. The number of aryl methyl sites for hydroxylation is 1. The fourth-order valence-corrected chi connectivity index (χ4v) is 2.87. The van der Waals surface area contributed by atoms with Crippen LogP contribution in [0.3, 0.4) is 0 Å². The number of nitrogens with two attached hydrogens (primary N) is 1. The van der Waals surface area contributed by atoms with Crippen molar-refractivity contribution in [2.24, 2.45) is 12.8 Å². The summed E-state index contributed by atoms with van der Waals surface area (Å²) >= 11 is 12.5. The maximum absolute atomic E-state index is 6.26. The molecule has 1 heterocycles. The highest BCUT2D eigenvalue weighted by atomic mass is 35.5. The third-order valence-electron chi connectivity index (χ3n) is 3.37. The van der Waals surface area contributed by atoms with Crippen LogP contribution >= 0.6 is 23.2 Å². The van der Waals surface area contributed by atoms with Gasteiger partial charge >= 0.3 is 0 Å². The van der Waals surface area contributed by atoms with Gasteiger partial charge in [0.1, 0.15) is 5.82 Å². The average molecular weight is 306 g/mol. The summed E-state index contributed by atoms with van der Waals surface area (Å²) in [6, 6.07) is 11.5. The highest BCUT2D eigenvalue weighted by Crippen LogP contribution is 2.35. The number of benzene rings is 2. The van der Waals surface area contributed by atoms with E-state index in [1.54, 1.807) is 0 Å². The molecular formula is C15H13Cl2N3. The molecule has 5 heteroatoms. The fraction of sp³-hybridized carbons (Fsp3) is 0.133. The molecule has 3 nitrogen and oxygen atoms in total.